The second-order valence-electron chi connectivity index (χ2n) is 12.8. The maximum atomic E-state index is 10.5. The van der Waals surface area contributed by atoms with Crippen molar-refractivity contribution >= 4 is 0 Å². The molecule has 6 aliphatic rings. The molecule has 0 aromatic heterocycles. The maximum Gasteiger partial charge on any atom is 0.172 e. The van der Waals surface area contributed by atoms with E-state index in [1.54, 1.807) is 0 Å². The van der Waals surface area contributed by atoms with Gasteiger partial charge >= 0.3 is 0 Å². The smallest absolute Gasteiger partial charge is 0.172 e. The third-order valence-electron chi connectivity index (χ3n) is 11.7. The molecule has 4 aliphatic carbocycles. The minimum Gasteiger partial charge on any atom is -0.390 e. The van der Waals surface area contributed by atoms with Gasteiger partial charge in [-0.2, -0.15) is 0 Å². The molecule has 2 heterocycles. The predicted molar refractivity (Wildman–Crippen MR) is 119 cm³/mol. The molecular weight excluding hydrogens is 388 g/mol. The van der Waals surface area contributed by atoms with Crippen molar-refractivity contribution in [3.05, 3.63) is 12.2 Å². The van der Waals surface area contributed by atoms with Crippen molar-refractivity contribution in [3.8, 4) is 0 Å². The van der Waals surface area contributed by atoms with Crippen LogP contribution in [0.1, 0.15) is 78.6 Å². The molecule has 4 heteroatoms. The van der Waals surface area contributed by atoms with E-state index in [1.165, 1.54) is 37.7 Å². The van der Waals surface area contributed by atoms with Gasteiger partial charge in [0.15, 0.2) is 5.79 Å². The standard InChI is InChI=1S/C27H42O4/c1-15-7-10-27(30-14-15)16(2)24-23(31-27)12-20-18-6-5-17-11-21(28)22(29)13-26(17,4)19(18)8-9-25(20,24)3/h16-24,28-29H,1,5-14H2,2-4H3/t16-,17-,18+,19-,20-,21+,22+,23-,24-,25-,26-,27+/m0/s1. The third kappa shape index (κ3) is 2.74. The minimum absolute atomic E-state index is 0.182. The number of ether oxygens (including phenoxy) is 2. The van der Waals surface area contributed by atoms with Gasteiger partial charge in [0.1, 0.15) is 0 Å². The van der Waals surface area contributed by atoms with Crippen molar-refractivity contribution in [2.24, 2.45) is 46.3 Å². The summed E-state index contributed by atoms with van der Waals surface area (Å²) in [6.45, 7) is 12.2. The molecule has 2 aliphatic heterocycles. The van der Waals surface area contributed by atoms with E-state index in [4.69, 9.17) is 9.47 Å². The number of rotatable bonds is 0. The molecule has 0 amide bonds. The van der Waals surface area contributed by atoms with Crippen molar-refractivity contribution in [1.82, 2.24) is 0 Å². The van der Waals surface area contributed by atoms with E-state index < -0.39 is 12.2 Å². The van der Waals surface area contributed by atoms with Crippen molar-refractivity contribution < 1.29 is 19.7 Å². The van der Waals surface area contributed by atoms with Gasteiger partial charge in [-0.05, 0) is 91.8 Å². The maximum absolute atomic E-state index is 10.5. The fourth-order valence-electron chi connectivity index (χ4n) is 10.1. The molecule has 0 unspecified atom stereocenters. The van der Waals surface area contributed by atoms with Gasteiger partial charge in [-0.1, -0.05) is 32.9 Å². The van der Waals surface area contributed by atoms with Crippen LogP contribution in [-0.2, 0) is 9.47 Å². The Morgan fingerprint density at radius 3 is 2.52 bits per heavy atom. The van der Waals surface area contributed by atoms with Crippen molar-refractivity contribution in [1.29, 1.82) is 0 Å². The first-order valence-corrected chi connectivity index (χ1v) is 13.0. The lowest BCUT2D eigenvalue weighted by Gasteiger charge is -2.61. The van der Waals surface area contributed by atoms with Gasteiger partial charge in [-0.25, -0.2) is 0 Å². The van der Waals surface area contributed by atoms with Crippen LogP contribution in [0.15, 0.2) is 12.2 Å². The monoisotopic (exact) mass is 430 g/mol. The topological polar surface area (TPSA) is 58.9 Å². The summed E-state index contributed by atoms with van der Waals surface area (Å²) in [7, 11) is 0. The van der Waals surface area contributed by atoms with E-state index in [1.807, 2.05) is 0 Å². The Morgan fingerprint density at radius 1 is 0.968 bits per heavy atom. The summed E-state index contributed by atoms with van der Waals surface area (Å²) in [5, 5.41) is 20.9. The highest BCUT2D eigenvalue weighted by molar-refractivity contribution is 5.16. The molecule has 2 N–H and O–H groups in total. The highest BCUT2D eigenvalue weighted by atomic mass is 16.7. The lowest BCUT2D eigenvalue weighted by atomic mass is 9.44. The molecule has 0 radical (unpaired) electrons. The zero-order valence-corrected chi connectivity index (χ0v) is 19.7. The van der Waals surface area contributed by atoms with E-state index in [0.717, 1.165) is 37.5 Å². The molecule has 0 aromatic rings. The Kier molecular flexibility index (Phi) is 4.64. The van der Waals surface area contributed by atoms with Crippen molar-refractivity contribution in [3.63, 3.8) is 0 Å². The molecule has 2 saturated heterocycles. The second-order valence-corrected chi connectivity index (χ2v) is 12.8. The van der Waals surface area contributed by atoms with Gasteiger partial charge < -0.3 is 19.7 Å². The quantitative estimate of drug-likeness (QED) is 0.548. The molecule has 12 atom stereocenters. The van der Waals surface area contributed by atoms with Crippen LogP contribution in [0, 0.1) is 46.3 Å². The van der Waals surface area contributed by atoms with Crippen molar-refractivity contribution in [2.45, 2.75) is 103 Å². The highest BCUT2D eigenvalue weighted by Gasteiger charge is 2.69. The van der Waals surface area contributed by atoms with E-state index in [9.17, 15) is 10.2 Å². The van der Waals surface area contributed by atoms with Gasteiger partial charge in [0, 0.05) is 12.3 Å². The van der Waals surface area contributed by atoms with Crippen LogP contribution in [0.3, 0.4) is 0 Å². The first kappa shape index (κ1) is 21.1. The molecule has 1 spiro atoms. The molecular formula is C27H42O4. The van der Waals surface area contributed by atoms with Gasteiger partial charge in [0.25, 0.3) is 0 Å². The van der Waals surface area contributed by atoms with Crippen LogP contribution in [0.2, 0.25) is 0 Å². The summed E-state index contributed by atoms with van der Waals surface area (Å²) < 4.78 is 13.2. The Hall–Kier alpha value is -0.420. The van der Waals surface area contributed by atoms with Crippen LogP contribution in [-0.4, -0.2) is 40.9 Å². The van der Waals surface area contributed by atoms with Crippen LogP contribution in [0.25, 0.3) is 0 Å². The van der Waals surface area contributed by atoms with Gasteiger partial charge in [-0.15, -0.1) is 0 Å². The van der Waals surface area contributed by atoms with Crippen LogP contribution < -0.4 is 0 Å². The summed E-state index contributed by atoms with van der Waals surface area (Å²) in [6, 6.07) is 0. The molecule has 6 fully saturated rings. The van der Waals surface area contributed by atoms with Gasteiger partial charge in [0.05, 0.1) is 24.9 Å². The fourth-order valence-corrected chi connectivity index (χ4v) is 10.1. The molecule has 4 saturated carbocycles. The molecule has 0 aromatic carbocycles. The van der Waals surface area contributed by atoms with Crippen LogP contribution in [0.4, 0.5) is 0 Å². The largest absolute Gasteiger partial charge is 0.390 e. The number of aliphatic hydroxyl groups excluding tert-OH is 2. The first-order chi connectivity index (χ1) is 14.7. The Balaban J connectivity index is 1.27. The Morgan fingerprint density at radius 2 is 1.77 bits per heavy atom. The zero-order chi connectivity index (χ0) is 21.8. The third-order valence-corrected chi connectivity index (χ3v) is 11.7. The second kappa shape index (κ2) is 6.81. The molecule has 4 nitrogen and oxygen atoms in total. The van der Waals surface area contributed by atoms with E-state index in [2.05, 4.69) is 27.4 Å². The fraction of sp³-hybridized carbons (Fsp3) is 0.926. The van der Waals surface area contributed by atoms with Gasteiger partial charge in [-0.3, -0.25) is 0 Å². The predicted octanol–water partition coefficient (Wildman–Crippen LogP) is 4.68. The summed E-state index contributed by atoms with van der Waals surface area (Å²) in [6.07, 6.45) is 9.08. The lowest BCUT2D eigenvalue weighted by molar-refractivity contribution is -0.256. The molecule has 31 heavy (non-hydrogen) atoms. The number of hydrogen-bond donors (Lipinski definition) is 2. The van der Waals surface area contributed by atoms with Gasteiger partial charge in [0.2, 0.25) is 0 Å². The average molecular weight is 431 g/mol. The average Bonchev–Trinajstić information content (AvgIpc) is 3.16. The van der Waals surface area contributed by atoms with E-state index >= 15 is 0 Å². The number of hydrogen-bond acceptors (Lipinski definition) is 4. The number of fused-ring (bicyclic) bond motifs is 7. The number of aliphatic hydroxyl groups is 2. The highest BCUT2D eigenvalue weighted by Crippen LogP contribution is 2.71. The van der Waals surface area contributed by atoms with E-state index in [0.29, 0.717) is 41.8 Å². The Labute approximate surface area is 187 Å². The van der Waals surface area contributed by atoms with Crippen molar-refractivity contribution in [2.75, 3.05) is 6.61 Å². The Bertz CT molecular complexity index is 754. The SMILES string of the molecule is C=C1CC[C@@]2(OC1)O[C@H]1C[C@H]3[C@@H]4CC[C@H]5C[C@@H](O)[C@H](O)C[C@]5(C)[C@H]4CC[C@]3(C)[C@H]1[C@@H]2C. The summed E-state index contributed by atoms with van der Waals surface area (Å²) in [5.41, 5.74) is 1.72. The summed E-state index contributed by atoms with van der Waals surface area (Å²) in [5.74, 6) is 3.37. The minimum atomic E-state index is -0.544. The van der Waals surface area contributed by atoms with Crippen LogP contribution in [0.5, 0.6) is 0 Å². The van der Waals surface area contributed by atoms with Crippen LogP contribution >= 0.6 is 0 Å². The molecule has 0 bridgehead atoms. The molecule has 6 rings (SSSR count). The summed E-state index contributed by atoms with van der Waals surface area (Å²) in [4.78, 5) is 0. The lowest BCUT2D eigenvalue weighted by Crippen LogP contribution is -2.57. The molecule has 174 valence electrons. The zero-order valence-electron chi connectivity index (χ0n) is 19.7. The summed E-state index contributed by atoms with van der Waals surface area (Å²) >= 11 is 0. The normalized spacial score (nSPS) is 60.9. The van der Waals surface area contributed by atoms with E-state index in [-0.39, 0.29) is 11.2 Å². The first-order valence-electron chi connectivity index (χ1n) is 13.0.